The minimum Gasteiger partial charge on any atom is -0.507 e. The van der Waals surface area contributed by atoms with Gasteiger partial charge >= 0.3 is 0 Å². The number of phenolic OH excluding ortho intramolecular Hbond substituents is 1. The van der Waals surface area contributed by atoms with E-state index in [0.717, 1.165) is 16.7 Å². The number of rotatable bonds is 4. The second kappa shape index (κ2) is 6.52. The predicted octanol–water partition coefficient (Wildman–Crippen LogP) is 4.13. The van der Waals surface area contributed by atoms with Crippen LogP contribution in [0.2, 0.25) is 5.02 Å². The Morgan fingerprint density at radius 1 is 1.20 bits per heavy atom. The fourth-order valence-electron chi connectivity index (χ4n) is 2.68. The van der Waals surface area contributed by atoms with Crippen LogP contribution in [0.1, 0.15) is 16.7 Å². The first-order valence-electron chi connectivity index (χ1n) is 7.48. The second-order valence-electron chi connectivity index (χ2n) is 5.73. The van der Waals surface area contributed by atoms with Crippen LogP contribution in [0.5, 0.6) is 5.75 Å². The average molecular weight is 359 g/mol. The number of nitro groups is 1. The predicted molar refractivity (Wildman–Crippen MR) is 96.1 cm³/mol. The summed E-state index contributed by atoms with van der Waals surface area (Å²) in [6.45, 7) is 4.11. The first-order chi connectivity index (χ1) is 11.9. The maximum absolute atomic E-state index is 11.1. The highest BCUT2D eigenvalue weighted by Crippen LogP contribution is 2.31. The van der Waals surface area contributed by atoms with Crippen LogP contribution in [0, 0.1) is 24.0 Å². The summed E-state index contributed by atoms with van der Waals surface area (Å²) in [4.78, 5) is 18.8. The van der Waals surface area contributed by atoms with Crippen LogP contribution < -0.4 is 5.32 Å². The van der Waals surface area contributed by atoms with E-state index in [2.05, 4.69) is 15.3 Å². The van der Waals surface area contributed by atoms with Crippen molar-refractivity contribution in [3.05, 3.63) is 62.4 Å². The quantitative estimate of drug-likeness (QED) is 0.537. The first-order valence-corrected chi connectivity index (χ1v) is 7.86. The summed E-state index contributed by atoms with van der Waals surface area (Å²) in [6.07, 6.45) is 1.38. The van der Waals surface area contributed by atoms with E-state index < -0.39 is 4.92 Å². The molecule has 0 saturated heterocycles. The van der Waals surface area contributed by atoms with E-state index in [4.69, 9.17) is 11.6 Å². The van der Waals surface area contributed by atoms with Gasteiger partial charge in [0.15, 0.2) is 0 Å². The van der Waals surface area contributed by atoms with E-state index >= 15 is 0 Å². The molecular formula is C17H15ClN4O3. The molecule has 3 rings (SSSR count). The lowest BCUT2D eigenvalue weighted by molar-refractivity contribution is -0.384. The summed E-state index contributed by atoms with van der Waals surface area (Å²) in [6, 6.07) is 6.57. The lowest BCUT2D eigenvalue weighted by atomic mass is 10.1. The van der Waals surface area contributed by atoms with Crippen LogP contribution in [-0.2, 0) is 6.54 Å². The highest BCUT2D eigenvalue weighted by atomic mass is 35.5. The zero-order valence-electron chi connectivity index (χ0n) is 13.6. The first kappa shape index (κ1) is 16.9. The van der Waals surface area contributed by atoms with Crippen molar-refractivity contribution >= 4 is 34.0 Å². The highest BCUT2D eigenvalue weighted by Gasteiger charge is 2.16. The lowest BCUT2D eigenvalue weighted by Gasteiger charge is -2.11. The Balaban J connectivity index is 1.96. The Kier molecular flexibility index (Phi) is 4.41. The third-order valence-electron chi connectivity index (χ3n) is 3.91. The number of hydrogen-bond donors (Lipinski definition) is 2. The van der Waals surface area contributed by atoms with E-state index in [1.54, 1.807) is 0 Å². The molecule has 0 saturated carbocycles. The molecule has 7 nitrogen and oxygen atoms in total. The van der Waals surface area contributed by atoms with Crippen molar-refractivity contribution in [2.24, 2.45) is 0 Å². The molecule has 0 aliphatic heterocycles. The van der Waals surface area contributed by atoms with Gasteiger partial charge in [0, 0.05) is 18.0 Å². The van der Waals surface area contributed by atoms with Crippen LogP contribution in [-0.4, -0.2) is 20.0 Å². The molecule has 3 aromatic rings. The number of aromatic nitrogens is 2. The molecule has 8 heteroatoms. The Hall–Kier alpha value is -2.93. The monoisotopic (exact) mass is 358 g/mol. The zero-order valence-corrected chi connectivity index (χ0v) is 14.3. The van der Waals surface area contributed by atoms with E-state index in [0.29, 0.717) is 23.3 Å². The van der Waals surface area contributed by atoms with Gasteiger partial charge in [0.1, 0.15) is 22.9 Å². The van der Waals surface area contributed by atoms with Crippen LogP contribution >= 0.6 is 11.6 Å². The minimum atomic E-state index is -0.536. The molecule has 0 aliphatic carbocycles. The van der Waals surface area contributed by atoms with Crippen molar-refractivity contribution in [3.8, 4) is 5.75 Å². The standard InChI is InChI=1S/C17H15ClN4O3/c1-9-3-11(4-10(2)16(9)23)7-19-17-12-5-15(22(24)25)13(18)6-14(12)20-8-21-17/h3-6,8,23H,7H2,1-2H3,(H,19,20,21). The smallest absolute Gasteiger partial charge is 0.288 e. The van der Waals surface area contributed by atoms with Crippen molar-refractivity contribution in [2.75, 3.05) is 5.32 Å². The molecule has 1 heterocycles. The molecule has 0 bridgehead atoms. The Morgan fingerprint density at radius 2 is 1.88 bits per heavy atom. The van der Waals surface area contributed by atoms with Gasteiger partial charge < -0.3 is 10.4 Å². The van der Waals surface area contributed by atoms with E-state index in [1.807, 2.05) is 26.0 Å². The maximum atomic E-state index is 11.1. The van der Waals surface area contributed by atoms with Crippen LogP contribution in [0.3, 0.4) is 0 Å². The SMILES string of the molecule is Cc1cc(CNc2ncnc3cc(Cl)c([N+](=O)[O-])cc23)cc(C)c1O. The lowest BCUT2D eigenvalue weighted by Crippen LogP contribution is -2.04. The number of aromatic hydroxyl groups is 1. The van der Waals surface area contributed by atoms with Gasteiger partial charge in [-0.2, -0.15) is 0 Å². The molecule has 0 aliphatic rings. The third-order valence-corrected chi connectivity index (χ3v) is 4.21. The Bertz CT molecular complexity index is 968. The molecule has 1 aromatic heterocycles. The van der Waals surface area contributed by atoms with Gasteiger partial charge in [-0.3, -0.25) is 10.1 Å². The average Bonchev–Trinajstić information content (AvgIpc) is 2.56. The number of hydrogen-bond acceptors (Lipinski definition) is 6. The summed E-state index contributed by atoms with van der Waals surface area (Å²) in [5, 5.41) is 24.7. The summed E-state index contributed by atoms with van der Waals surface area (Å²) in [5.41, 5.74) is 2.86. The van der Waals surface area contributed by atoms with E-state index in [-0.39, 0.29) is 16.5 Å². The van der Waals surface area contributed by atoms with E-state index in [9.17, 15) is 15.2 Å². The maximum Gasteiger partial charge on any atom is 0.288 e. The van der Waals surface area contributed by atoms with Gasteiger partial charge in [-0.15, -0.1) is 0 Å². The van der Waals surface area contributed by atoms with Crippen molar-refractivity contribution in [1.29, 1.82) is 0 Å². The fourth-order valence-corrected chi connectivity index (χ4v) is 2.91. The number of nitro benzene ring substituents is 1. The number of nitrogens with one attached hydrogen (secondary N) is 1. The molecule has 128 valence electrons. The van der Waals surface area contributed by atoms with Gasteiger partial charge in [-0.25, -0.2) is 9.97 Å². The minimum absolute atomic E-state index is 0.0342. The zero-order chi connectivity index (χ0) is 18.1. The normalized spacial score (nSPS) is 10.8. The molecule has 25 heavy (non-hydrogen) atoms. The van der Waals surface area contributed by atoms with Gasteiger partial charge in [-0.05, 0) is 36.6 Å². The van der Waals surface area contributed by atoms with Gasteiger partial charge in [0.2, 0.25) is 0 Å². The van der Waals surface area contributed by atoms with Gasteiger partial charge in [0.05, 0.1) is 10.4 Å². The summed E-state index contributed by atoms with van der Waals surface area (Å²) < 4.78 is 0. The number of fused-ring (bicyclic) bond motifs is 1. The molecule has 0 amide bonds. The third kappa shape index (κ3) is 3.32. The summed E-state index contributed by atoms with van der Waals surface area (Å²) in [7, 11) is 0. The Labute approximate surface area is 148 Å². The number of nitrogens with zero attached hydrogens (tertiary/aromatic N) is 3. The Morgan fingerprint density at radius 3 is 2.52 bits per heavy atom. The van der Waals surface area contributed by atoms with Gasteiger partial charge in [0.25, 0.3) is 5.69 Å². The van der Waals surface area contributed by atoms with Crippen LogP contribution in [0.15, 0.2) is 30.6 Å². The number of benzene rings is 2. The fraction of sp³-hybridized carbons (Fsp3) is 0.176. The van der Waals surface area contributed by atoms with Crippen LogP contribution in [0.4, 0.5) is 11.5 Å². The number of aryl methyl sites for hydroxylation is 2. The topological polar surface area (TPSA) is 101 Å². The van der Waals surface area contributed by atoms with Crippen molar-refractivity contribution in [1.82, 2.24) is 9.97 Å². The van der Waals surface area contributed by atoms with E-state index in [1.165, 1.54) is 18.5 Å². The second-order valence-corrected chi connectivity index (χ2v) is 6.14. The van der Waals surface area contributed by atoms with Crippen molar-refractivity contribution < 1.29 is 10.0 Å². The molecule has 2 N–H and O–H groups in total. The number of anilines is 1. The number of halogens is 1. The molecule has 0 atom stereocenters. The van der Waals surface area contributed by atoms with Crippen molar-refractivity contribution in [2.45, 2.75) is 20.4 Å². The van der Waals surface area contributed by atoms with Crippen LogP contribution in [0.25, 0.3) is 10.9 Å². The molecule has 0 fully saturated rings. The molecule has 0 radical (unpaired) electrons. The molecular weight excluding hydrogens is 344 g/mol. The molecule has 0 spiro atoms. The highest BCUT2D eigenvalue weighted by molar-refractivity contribution is 6.33. The van der Waals surface area contributed by atoms with Gasteiger partial charge in [-0.1, -0.05) is 23.7 Å². The van der Waals surface area contributed by atoms with Crippen molar-refractivity contribution in [3.63, 3.8) is 0 Å². The largest absolute Gasteiger partial charge is 0.507 e. The molecule has 0 unspecified atom stereocenters. The molecule has 2 aromatic carbocycles. The summed E-state index contributed by atoms with van der Waals surface area (Å²) in [5.74, 6) is 0.759. The number of phenols is 1. The summed E-state index contributed by atoms with van der Waals surface area (Å²) >= 11 is 5.93.